The Morgan fingerprint density at radius 3 is 2.97 bits per heavy atom. The molecule has 0 saturated carbocycles. The van der Waals surface area contributed by atoms with E-state index in [9.17, 15) is 4.79 Å². The number of aromatic amines is 1. The zero-order chi connectivity index (χ0) is 21.9. The van der Waals surface area contributed by atoms with Crippen molar-refractivity contribution in [2.24, 2.45) is 0 Å². The third kappa shape index (κ3) is 4.53. The number of benzene rings is 1. The van der Waals surface area contributed by atoms with E-state index in [1.807, 2.05) is 24.3 Å². The van der Waals surface area contributed by atoms with Gasteiger partial charge in [0.1, 0.15) is 22.2 Å². The molecule has 0 atom stereocenters. The van der Waals surface area contributed by atoms with Crippen LogP contribution in [0.5, 0.6) is 10.9 Å². The second kappa shape index (κ2) is 9.13. The van der Waals surface area contributed by atoms with Crippen molar-refractivity contribution >= 4 is 38.7 Å². The maximum atomic E-state index is 11.5. The summed E-state index contributed by atoms with van der Waals surface area (Å²) in [6.45, 7) is 4.71. The lowest BCUT2D eigenvalue weighted by Gasteiger charge is -2.31. The number of fused-ring (bicyclic) bond motifs is 2. The summed E-state index contributed by atoms with van der Waals surface area (Å²) >= 11 is 1.43. The van der Waals surface area contributed by atoms with E-state index >= 15 is 0 Å². The van der Waals surface area contributed by atoms with Crippen LogP contribution in [-0.4, -0.2) is 51.8 Å². The number of ether oxygens (including phenoxy) is 3. The van der Waals surface area contributed by atoms with Gasteiger partial charge < -0.3 is 19.2 Å². The van der Waals surface area contributed by atoms with Gasteiger partial charge in [0.05, 0.1) is 6.61 Å². The summed E-state index contributed by atoms with van der Waals surface area (Å²) in [4.78, 5) is 26.9. The maximum Gasteiger partial charge on any atom is 0.508 e. The summed E-state index contributed by atoms with van der Waals surface area (Å²) in [5, 5.41) is 1.76. The van der Waals surface area contributed by atoms with Crippen molar-refractivity contribution < 1.29 is 19.0 Å². The van der Waals surface area contributed by atoms with Crippen molar-refractivity contribution in [1.29, 1.82) is 0 Å². The van der Waals surface area contributed by atoms with Crippen LogP contribution >= 0.6 is 11.3 Å². The SMILES string of the molecule is CCOC(=O)OC1CCN(Cc2c[nH]c3cc(Oc4nc5cccnc5s4)ccc23)CC1. The molecule has 166 valence electrons. The van der Waals surface area contributed by atoms with Gasteiger partial charge in [0.25, 0.3) is 5.19 Å². The van der Waals surface area contributed by atoms with Gasteiger partial charge in [-0.1, -0.05) is 11.3 Å². The number of rotatable bonds is 6. The monoisotopic (exact) mass is 452 g/mol. The molecule has 1 aliphatic rings. The first kappa shape index (κ1) is 20.7. The largest absolute Gasteiger partial charge is 0.508 e. The van der Waals surface area contributed by atoms with Crippen LogP contribution in [0.25, 0.3) is 21.3 Å². The molecule has 9 heteroatoms. The first-order valence-corrected chi connectivity index (χ1v) is 11.5. The van der Waals surface area contributed by atoms with E-state index in [2.05, 4.69) is 32.1 Å². The standard InChI is InChI=1S/C23H24N4O4S/c1-2-29-23(28)31-16-7-10-27(11-8-16)14-15-13-25-20-12-17(5-6-18(15)20)30-22-26-19-4-3-9-24-21(19)32-22/h3-6,9,12-13,16,25H,2,7-8,10-11,14H2,1H3. The first-order chi connectivity index (χ1) is 15.7. The molecule has 1 saturated heterocycles. The van der Waals surface area contributed by atoms with Gasteiger partial charge in [0, 0.05) is 49.0 Å². The Hall–Kier alpha value is -3.17. The minimum Gasteiger partial charge on any atom is -0.435 e. The predicted molar refractivity (Wildman–Crippen MR) is 122 cm³/mol. The highest BCUT2D eigenvalue weighted by Crippen LogP contribution is 2.32. The minimum absolute atomic E-state index is 0.0642. The summed E-state index contributed by atoms with van der Waals surface area (Å²) in [5.74, 6) is 0.738. The molecular formula is C23H24N4O4S. The number of nitrogens with zero attached hydrogens (tertiary/aromatic N) is 3. The quantitative estimate of drug-likeness (QED) is 0.407. The Kier molecular flexibility index (Phi) is 5.91. The van der Waals surface area contributed by atoms with E-state index in [1.165, 1.54) is 22.3 Å². The van der Waals surface area contributed by atoms with Crippen LogP contribution in [0, 0.1) is 0 Å². The normalized spacial score (nSPS) is 15.3. The molecule has 3 aromatic heterocycles. The van der Waals surface area contributed by atoms with Gasteiger partial charge >= 0.3 is 6.16 Å². The van der Waals surface area contributed by atoms with Gasteiger partial charge in [-0.2, -0.15) is 0 Å². The highest BCUT2D eigenvalue weighted by molar-refractivity contribution is 7.19. The third-order valence-electron chi connectivity index (χ3n) is 5.54. The fourth-order valence-corrected chi connectivity index (χ4v) is 4.75. The average Bonchev–Trinajstić information content (AvgIpc) is 3.38. The third-order valence-corrected chi connectivity index (χ3v) is 6.40. The molecule has 5 rings (SSSR count). The van der Waals surface area contributed by atoms with E-state index in [1.54, 1.807) is 13.1 Å². The molecule has 4 aromatic rings. The van der Waals surface area contributed by atoms with Crippen molar-refractivity contribution in [2.45, 2.75) is 32.4 Å². The van der Waals surface area contributed by atoms with E-state index in [-0.39, 0.29) is 6.10 Å². The van der Waals surface area contributed by atoms with Crippen LogP contribution in [0.4, 0.5) is 4.79 Å². The number of H-pyrrole nitrogens is 1. The van der Waals surface area contributed by atoms with Gasteiger partial charge in [0.15, 0.2) is 0 Å². The highest BCUT2D eigenvalue weighted by atomic mass is 32.1. The van der Waals surface area contributed by atoms with Crippen molar-refractivity contribution in [2.75, 3.05) is 19.7 Å². The van der Waals surface area contributed by atoms with Crippen molar-refractivity contribution in [3.63, 3.8) is 0 Å². The Morgan fingerprint density at radius 1 is 1.28 bits per heavy atom. The number of hydrogen-bond acceptors (Lipinski definition) is 8. The number of nitrogens with one attached hydrogen (secondary N) is 1. The number of hydrogen-bond donors (Lipinski definition) is 1. The number of carbonyl (C=O) groups is 1. The number of thiazole rings is 1. The zero-order valence-electron chi connectivity index (χ0n) is 17.7. The molecule has 0 unspecified atom stereocenters. The van der Waals surface area contributed by atoms with Crippen LogP contribution in [0.15, 0.2) is 42.7 Å². The fraction of sp³-hybridized carbons (Fsp3) is 0.348. The molecule has 1 fully saturated rings. The Morgan fingerprint density at radius 2 is 2.16 bits per heavy atom. The number of carbonyl (C=O) groups excluding carboxylic acids is 1. The number of likely N-dealkylation sites (tertiary alicyclic amines) is 1. The summed E-state index contributed by atoms with van der Waals surface area (Å²) in [6.07, 6.45) is 4.81. The topological polar surface area (TPSA) is 89.6 Å². The van der Waals surface area contributed by atoms with Gasteiger partial charge in [-0.25, -0.2) is 14.8 Å². The minimum atomic E-state index is -0.567. The van der Waals surface area contributed by atoms with Crippen molar-refractivity contribution in [1.82, 2.24) is 19.9 Å². The molecule has 1 N–H and O–H groups in total. The average molecular weight is 453 g/mol. The number of pyridine rings is 1. The first-order valence-electron chi connectivity index (χ1n) is 10.7. The Labute approximate surface area is 189 Å². The molecule has 0 spiro atoms. The lowest BCUT2D eigenvalue weighted by Crippen LogP contribution is -2.37. The van der Waals surface area contributed by atoms with Gasteiger partial charge in [0.2, 0.25) is 0 Å². The number of aromatic nitrogens is 3. The summed E-state index contributed by atoms with van der Waals surface area (Å²) in [7, 11) is 0. The van der Waals surface area contributed by atoms with Crippen LogP contribution in [0.3, 0.4) is 0 Å². The summed E-state index contributed by atoms with van der Waals surface area (Å²) in [5.41, 5.74) is 3.10. The molecule has 32 heavy (non-hydrogen) atoms. The second-order valence-corrected chi connectivity index (χ2v) is 8.65. The van der Waals surface area contributed by atoms with E-state index in [0.29, 0.717) is 11.8 Å². The van der Waals surface area contributed by atoms with Crippen LogP contribution in [-0.2, 0) is 16.0 Å². The molecule has 8 nitrogen and oxygen atoms in total. The van der Waals surface area contributed by atoms with E-state index < -0.39 is 6.16 Å². The second-order valence-electron chi connectivity index (χ2n) is 7.71. The lowest BCUT2D eigenvalue weighted by atomic mass is 10.1. The van der Waals surface area contributed by atoms with Crippen LogP contribution in [0.1, 0.15) is 25.3 Å². The molecule has 1 aliphatic heterocycles. The van der Waals surface area contributed by atoms with Gasteiger partial charge in [-0.15, -0.1) is 0 Å². The van der Waals surface area contributed by atoms with E-state index in [0.717, 1.165) is 54.1 Å². The maximum absolute atomic E-state index is 11.5. The molecule has 4 heterocycles. The molecule has 0 aliphatic carbocycles. The number of piperidine rings is 1. The molecule has 0 radical (unpaired) electrons. The molecule has 0 amide bonds. The summed E-state index contributed by atoms with van der Waals surface area (Å²) in [6, 6.07) is 9.85. The van der Waals surface area contributed by atoms with Gasteiger partial charge in [-0.05, 0) is 49.6 Å². The smallest absolute Gasteiger partial charge is 0.435 e. The Bertz CT molecular complexity index is 1200. The summed E-state index contributed by atoms with van der Waals surface area (Å²) < 4.78 is 16.2. The van der Waals surface area contributed by atoms with Crippen LogP contribution in [0.2, 0.25) is 0 Å². The zero-order valence-corrected chi connectivity index (χ0v) is 18.6. The lowest BCUT2D eigenvalue weighted by molar-refractivity contribution is 0.000980. The molecule has 1 aromatic carbocycles. The van der Waals surface area contributed by atoms with Gasteiger partial charge in [-0.3, -0.25) is 4.90 Å². The van der Waals surface area contributed by atoms with Crippen molar-refractivity contribution in [3.05, 3.63) is 48.3 Å². The van der Waals surface area contributed by atoms with E-state index in [4.69, 9.17) is 14.2 Å². The molecular weight excluding hydrogens is 428 g/mol. The molecule has 0 bridgehead atoms. The predicted octanol–water partition coefficient (Wildman–Crippen LogP) is 5.10. The van der Waals surface area contributed by atoms with Crippen molar-refractivity contribution in [3.8, 4) is 10.9 Å². The van der Waals surface area contributed by atoms with Crippen LogP contribution < -0.4 is 4.74 Å². The Balaban J connectivity index is 1.21. The highest BCUT2D eigenvalue weighted by Gasteiger charge is 2.23. The fourth-order valence-electron chi connectivity index (χ4n) is 3.97.